The van der Waals surface area contributed by atoms with Crippen molar-refractivity contribution in [3.63, 3.8) is 0 Å². The highest BCUT2D eigenvalue weighted by Gasteiger charge is 2.38. The topological polar surface area (TPSA) is 44.4 Å². The Morgan fingerprint density at radius 3 is 2.62 bits per heavy atom. The van der Waals surface area contributed by atoms with Gasteiger partial charge in [-0.05, 0) is 49.3 Å². The molecule has 3 heterocycles. The van der Waals surface area contributed by atoms with Gasteiger partial charge in [0.2, 0.25) is 0 Å². The van der Waals surface area contributed by atoms with Crippen LogP contribution in [-0.4, -0.2) is 29.1 Å². The number of anilines is 1. The summed E-state index contributed by atoms with van der Waals surface area (Å²) in [6.07, 6.45) is 5.58. The molecule has 2 bridgehead atoms. The number of hydrogen-bond acceptors (Lipinski definition) is 3. The molecule has 2 fully saturated rings. The van der Waals surface area contributed by atoms with E-state index in [-0.39, 0.29) is 17.8 Å². The Labute approximate surface area is 157 Å². The molecule has 2 aliphatic heterocycles. The van der Waals surface area contributed by atoms with Crippen LogP contribution in [-0.2, 0) is 6.54 Å². The molecule has 1 aromatic heterocycles. The number of hydrogen-bond donors (Lipinski definition) is 2. The molecule has 4 rings (SSSR count). The summed E-state index contributed by atoms with van der Waals surface area (Å²) >= 11 is 1.81. The number of halogens is 1. The number of rotatable bonds is 4. The maximum Gasteiger partial charge on any atom is 0.319 e. The Balaban J connectivity index is 1.36. The third-order valence-electron chi connectivity index (χ3n) is 5.50. The largest absolute Gasteiger partial charge is 0.335 e. The Morgan fingerprint density at radius 1 is 1.15 bits per heavy atom. The lowest BCUT2D eigenvalue weighted by Gasteiger charge is -2.48. The van der Waals surface area contributed by atoms with Crippen molar-refractivity contribution in [3.8, 4) is 0 Å². The summed E-state index contributed by atoms with van der Waals surface area (Å²) < 4.78 is 13.7. The third kappa shape index (κ3) is 3.91. The van der Waals surface area contributed by atoms with Crippen molar-refractivity contribution in [1.82, 2.24) is 10.2 Å². The van der Waals surface area contributed by atoms with E-state index in [0.29, 0.717) is 12.1 Å². The number of urea groups is 1. The number of piperidine rings is 2. The average molecular weight is 373 g/mol. The number of carbonyl (C=O) groups is 1. The first-order valence-corrected chi connectivity index (χ1v) is 10.2. The number of nitrogens with one attached hydrogen (secondary N) is 2. The van der Waals surface area contributed by atoms with Gasteiger partial charge in [0.25, 0.3) is 0 Å². The van der Waals surface area contributed by atoms with Crippen LogP contribution in [0, 0.1) is 5.82 Å². The van der Waals surface area contributed by atoms with Gasteiger partial charge >= 0.3 is 6.03 Å². The van der Waals surface area contributed by atoms with Crippen LogP contribution in [0.4, 0.5) is 14.9 Å². The van der Waals surface area contributed by atoms with E-state index >= 15 is 0 Å². The third-order valence-corrected chi connectivity index (χ3v) is 6.36. The second-order valence-corrected chi connectivity index (χ2v) is 8.27. The molecule has 0 spiro atoms. The molecule has 6 heteroatoms. The molecular weight excluding hydrogens is 349 g/mol. The van der Waals surface area contributed by atoms with Crippen molar-refractivity contribution in [3.05, 3.63) is 52.5 Å². The summed E-state index contributed by atoms with van der Waals surface area (Å²) in [5.41, 5.74) is 0.223. The lowest BCUT2D eigenvalue weighted by Crippen LogP contribution is -2.56. The molecule has 4 nitrogen and oxygen atoms in total. The van der Waals surface area contributed by atoms with Gasteiger partial charge in [0, 0.05) is 29.5 Å². The standard InChI is InChI=1S/C20H24FN3OS/c21-18-8-1-2-9-19(18)23-20(25)22-14-11-15-5-3-6-16(12-14)24(15)13-17-7-4-10-26-17/h1-2,4,7-10,14-16H,3,5-6,11-13H2,(H2,22,23,25)/t15-,16-/m1/s1. The number of amides is 2. The second kappa shape index (κ2) is 7.76. The minimum absolute atomic E-state index is 0.150. The Hall–Kier alpha value is -1.92. The van der Waals surface area contributed by atoms with Gasteiger partial charge in [-0.1, -0.05) is 24.6 Å². The van der Waals surface area contributed by atoms with Crippen molar-refractivity contribution < 1.29 is 9.18 Å². The smallest absolute Gasteiger partial charge is 0.319 e. The molecule has 2 amide bonds. The Morgan fingerprint density at radius 2 is 1.92 bits per heavy atom. The van der Waals surface area contributed by atoms with Crippen LogP contribution in [0.1, 0.15) is 37.0 Å². The maximum atomic E-state index is 13.7. The number of fused-ring (bicyclic) bond motifs is 2. The van der Waals surface area contributed by atoms with Gasteiger partial charge in [-0.2, -0.15) is 0 Å². The average Bonchev–Trinajstić information content (AvgIpc) is 3.11. The number of thiophene rings is 1. The number of nitrogens with zero attached hydrogens (tertiary/aromatic N) is 1. The quantitative estimate of drug-likeness (QED) is 0.823. The lowest BCUT2D eigenvalue weighted by molar-refractivity contribution is 0.0208. The molecule has 0 unspecified atom stereocenters. The number of benzene rings is 1. The Kier molecular flexibility index (Phi) is 5.22. The van der Waals surface area contributed by atoms with Gasteiger partial charge in [0.1, 0.15) is 5.82 Å². The molecule has 26 heavy (non-hydrogen) atoms. The van der Waals surface area contributed by atoms with Crippen LogP contribution in [0.3, 0.4) is 0 Å². The highest BCUT2D eigenvalue weighted by atomic mass is 32.1. The van der Waals surface area contributed by atoms with Crippen molar-refractivity contribution >= 4 is 23.1 Å². The van der Waals surface area contributed by atoms with E-state index < -0.39 is 5.82 Å². The molecule has 2 saturated heterocycles. The zero-order chi connectivity index (χ0) is 17.9. The van der Waals surface area contributed by atoms with Crippen molar-refractivity contribution in [1.29, 1.82) is 0 Å². The summed E-state index contributed by atoms with van der Waals surface area (Å²) in [6.45, 7) is 1.02. The first-order valence-electron chi connectivity index (χ1n) is 9.29. The van der Waals surface area contributed by atoms with Crippen LogP contribution >= 0.6 is 11.3 Å². The van der Waals surface area contributed by atoms with Crippen LogP contribution in [0.2, 0.25) is 0 Å². The van der Waals surface area contributed by atoms with Crippen molar-refractivity contribution in [2.75, 3.05) is 5.32 Å². The van der Waals surface area contributed by atoms with Crippen LogP contribution in [0.5, 0.6) is 0 Å². The highest BCUT2D eigenvalue weighted by Crippen LogP contribution is 2.35. The van der Waals surface area contributed by atoms with Crippen LogP contribution in [0.15, 0.2) is 41.8 Å². The predicted octanol–water partition coefficient (Wildman–Crippen LogP) is 4.59. The van der Waals surface area contributed by atoms with E-state index in [2.05, 4.69) is 33.0 Å². The fourth-order valence-electron chi connectivity index (χ4n) is 4.34. The number of carbonyl (C=O) groups excluding carboxylic acids is 1. The van der Waals surface area contributed by atoms with E-state index in [4.69, 9.17) is 0 Å². The lowest BCUT2D eigenvalue weighted by atomic mass is 9.81. The van der Waals surface area contributed by atoms with Gasteiger partial charge in [0.15, 0.2) is 0 Å². The zero-order valence-electron chi connectivity index (χ0n) is 14.7. The molecule has 2 atom stereocenters. The first-order chi connectivity index (χ1) is 12.7. The van der Waals surface area contributed by atoms with Crippen molar-refractivity contribution in [2.45, 2.75) is 56.8 Å². The summed E-state index contributed by atoms with van der Waals surface area (Å²) in [7, 11) is 0. The highest BCUT2D eigenvalue weighted by molar-refractivity contribution is 7.09. The fraction of sp³-hybridized carbons (Fsp3) is 0.450. The van der Waals surface area contributed by atoms with Crippen LogP contribution < -0.4 is 10.6 Å². The SMILES string of the molecule is O=C(Nc1ccccc1F)NC1C[C@H]2CCC[C@H](C1)N2Cc1cccs1. The van der Waals surface area contributed by atoms with E-state index in [9.17, 15) is 9.18 Å². The van der Waals surface area contributed by atoms with Gasteiger partial charge in [-0.15, -0.1) is 11.3 Å². The minimum Gasteiger partial charge on any atom is -0.335 e. The van der Waals surface area contributed by atoms with Gasteiger partial charge in [-0.25, -0.2) is 9.18 Å². The summed E-state index contributed by atoms with van der Waals surface area (Å²) in [5, 5.41) is 7.83. The van der Waals surface area contributed by atoms with E-state index in [0.717, 1.165) is 19.4 Å². The zero-order valence-corrected chi connectivity index (χ0v) is 15.5. The van der Waals surface area contributed by atoms with Crippen LogP contribution in [0.25, 0.3) is 0 Å². The van der Waals surface area contributed by atoms with E-state index in [1.54, 1.807) is 18.2 Å². The number of para-hydroxylation sites is 1. The molecule has 0 saturated carbocycles. The molecule has 2 N–H and O–H groups in total. The Bertz CT molecular complexity index is 737. The molecule has 0 aliphatic carbocycles. The minimum atomic E-state index is -0.412. The van der Waals surface area contributed by atoms with Gasteiger partial charge < -0.3 is 10.6 Å². The monoisotopic (exact) mass is 373 g/mol. The van der Waals surface area contributed by atoms with Crippen molar-refractivity contribution in [2.24, 2.45) is 0 Å². The first kappa shape index (κ1) is 17.5. The summed E-state index contributed by atoms with van der Waals surface area (Å²) in [4.78, 5) is 16.3. The molecule has 2 aliphatic rings. The summed E-state index contributed by atoms with van der Waals surface area (Å²) in [6, 6.07) is 11.4. The molecule has 0 radical (unpaired) electrons. The fourth-order valence-corrected chi connectivity index (χ4v) is 5.06. The molecule has 2 aromatic rings. The van der Waals surface area contributed by atoms with E-state index in [1.165, 1.54) is 30.2 Å². The van der Waals surface area contributed by atoms with E-state index in [1.807, 2.05) is 11.3 Å². The molecule has 138 valence electrons. The maximum absolute atomic E-state index is 13.7. The summed E-state index contributed by atoms with van der Waals surface area (Å²) in [5.74, 6) is -0.412. The van der Waals surface area contributed by atoms with Gasteiger partial charge in [-0.3, -0.25) is 4.90 Å². The molecular formula is C20H24FN3OS. The van der Waals surface area contributed by atoms with Gasteiger partial charge in [0.05, 0.1) is 5.69 Å². The predicted molar refractivity (Wildman–Crippen MR) is 103 cm³/mol. The molecule has 1 aromatic carbocycles. The normalized spacial score (nSPS) is 25.7. The second-order valence-electron chi connectivity index (χ2n) is 7.24.